The topological polar surface area (TPSA) is 66.0 Å². The van der Waals surface area contributed by atoms with Crippen LogP contribution in [0.2, 0.25) is 0 Å². The van der Waals surface area contributed by atoms with Gasteiger partial charge in [-0.25, -0.2) is 4.98 Å². The number of thiazole rings is 1. The van der Waals surface area contributed by atoms with E-state index in [1.54, 1.807) is 17.4 Å². The number of carbonyl (C=O) groups excluding carboxylic acids is 2. The highest BCUT2D eigenvalue weighted by atomic mass is 32.1. The molecule has 2 aromatic carbocycles. The molecule has 1 saturated heterocycles. The van der Waals surface area contributed by atoms with Gasteiger partial charge in [0.1, 0.15) is 22.5 Å². The van der Waals surface area contributed by atoms with E-state index in [9.17, 15) is 9.59 Å². The van der Waals surface area contributed by atoms with Gasteiger partial charge < -0.3 is 14.5 Å². The number of amides is 2. The Morgan fingerprint density at radius 2 is 1.76 bits per heavy atom. The zero-order valence-corrected chi connectivity index (χ0v) is 20.3. The molecule has 2 aliphatic rings. The number of likely N-dealkylation sites (N-methyl/N-ethyl adjacent to an activating group) is 1. The lowest BCUT2D eigenvalue weighted by Gasteiger charge is -2.40. The molecular formula is C26H28N4O3S. The smallest absolute Gasteiger partial charge is 0.278 e. The highest BCUT2D eigenvalue weighted by Crippen LogP contribution is 2.34. The molecule has 1 unspecified atom stereocenters. The van der Waals surface area contributed by atoms with Crippen LogP contribution in [-0.2, 0) is 11.2 Å². The number of methoxy groups -OCH3 is 1. The van der Waals surface area contributed by atoms with E-state index in [4.69, 9.17) is 4.74 Å². The highest BCUT2D eigenvalue weighted by Gasteiger charge is 2.39. The Balaban J connectivity index is 1.45. The van der Waals surface area contributed by atoms with Crippen molar-refractivity contribution in [2.24, 2.45) is 0 Å². The van der Waals surface area contributed by atoms with Crippen molar-refractivity contribution >= 4 is 28.8 Å². The number of carbonyl (C=O) groups is 2. The largest absolute Gasteiger partial charge is 0.497 e. The Morgan fingerprint density at radius 1 is 1.03 bits per heavy atom. The zero-order chi connectivity index (χ0) is 23.7. The average Bonchev–Trinajstić information content (AvgIpc) is 3.38. The molecule has 1 aromatic heterocycles. The average molecular weight is 477 g/mol. The maximum atomic E-state index is 13.8. The summed E-state index contributed by atoms with van der Waals surface area (Å²) in [7, 11) is 3.70. The fourth-order valence-corrected chi connectivity index (χ4v) is 5.43. The van der Waals surface area contributed by atoms with Gasteiger partial charge in [-0.2, -0.15) is 0 Å². The molecule has 5 rings (SSSR count). The molecule has 3 aromatic rings. The minimum atomic E-state index is -0.517. The maximum Gasteiger partial charge on any atom is 0.278 e. The third-order valence-corrected chi connectivity index (χ3v) is 7.52. The van der Waals surface area contributed by atoms with Crippen molar-refractivity contribution in [2.45, 2.75) is 18.9 Å². The first kappa shape index (κ1) is 22.6. The van der Waals surface area contributed by atoms with Crippen molar-refractivity contribution < 1.29 is 14.3 Å². The molecule has 2 amide bonds. The minimum Gasteiger partial charge on any atom is -0.497 e. The van der Waals surface area contributed by atoms with Gasteiger partial charge in [0.15, 0.2) is 0 Å². The van der Waals surface area contributed by atoms with Crippen molar-refractivity contribution in [3.05, 3.63) is 65.2 Å². The number of aromatic nitrogens is 1. The Bertz CT molecular complexity index is 1180. The van der Waals surface area contributed by atoms with Gasteiger partial charge >= 0.3 is 0 Å². The summed E-state index contributed by atoms with van der Waals surface area (Å²) in [5, 5.41) is 2.55. The number of ether oxygens (including phenoxy) is 1. The van der Waals surface area contributed by atoms with Crippen LogP contribution in [0.3, 0.4) is 0 Å². The van der Waals surface area contributed by atoms with E-state index >= 15 is 0 Å². The van der Waals surface area contributed by atoms with Gasteiger partial charge in [-0.3, -0.25) is 14.5 Å². The van der Waals surface area contributed by atoms with Gasteiger partial charge in [0.05, 0.1) is 7.11 Å². The van der Waals surface area contributed by atoms with Crippen molar-refractivity contribution in [3.8, 4) is 16.3 Å². The monoisotopic (exact) mass is 476 g/mol. The maximum absolute atomic E-state index is 13.8. The molecule has 0 spiro atoms. The molecule has 0 saturated carbocycles. The summed E-state index contributed by atoms with van der Waals surface area (Å²) in [6.07, 6.45) is 1.39. The second-order valence-electron chi connectivity index (χ2n) is 8.75. The van der Waals surface area contributed by atoms with Crippen LogP contribution in [-0.4, -0.2) is 73.0 Å². The van der Waals surface area contributed by atoms with Crippen molar-refractivity contribution in [1.29, 1.82) is 0 Å². The van der Waals surface area contributed by atoms with Crippen LogP contribution < -0.4 is 9.64 Å². The minimum absolute atomic E-state index is 0.0292. The van der Waals surface area contributed by atoms with E-state index in [0.29, 0.717) is 25.2 Å². The van der Waals surface area contributed by atoms with E-state index in [2.05, 4.69) is 16.9 Å². The number of para-hydroxylation sites is 1. The molecule has 0 aliphatic carbocycles. The summed E-state index contributed by atoms with van der Waals surface area (Å²) >= 11 is 1.43. The summed E-state index contributed by atoms with van der Waals surface area (Å²) in [6, 6.07) is 15.0. The molecule has 0 bridgehead atoms. The fraction of sp³-hybridized carbons (Fsp3) is 0.346. The molecule has 0 radical (unpaired) electrons. The van der Waals surface area contributed by atoms with Crippen LogP contribution in [0.5, 0.6) is 5.75 Å². The molecule has 176 valence electrons. The third-order valence-electron chi connectivity index (χ3n) is 6.63. The predicted molar refractivity (Wildman–Crippen MR) is 134 cm³/mol. The first-order valence-electron chi connectivity index (χ1n) is 11.5. The Morgan fingerprint density at radius 3 is 2.50 bits per heavy atom. The summed E-state index contributed by atoms with van der Waals surface area (Å²) < 4.78 is 5.23. The Kier molecular flexibility index (Phi) is 6.34. The number of fused-ring (bicyclic) bond motifs is 1. The summed E-state index contributed by atoms with van der Waals surface area (Å²) in [6.45, 7) is 3.07. The number of benzene rings is 2. The standard InChI is InChI=1S/C26H28N4O3S/c1-28-13-15-29(16-14-28)26(32)23-12-9-18-5-3-4-6-22(18)30(23)25(31)21-17-34-24(27-21)19-7-10-20(33-2)11-8-19/h3-8,10-11,17,23H,9,12-16H2,1-2H3. The number of nitrogens with zero attached hydrogens (tertiary/aromatic N) is 4. The van der Waals surface area contributed by atoms with Gasteiger partial charge in [0.2, 0.25) is 5.91 Å². The van der Waals surface area contributed by atoms with Gasteiger partial charge in [-0.1, -0.05) is 18.2 Å². The quantitative estimate of drug-likeness (QED) is 0.576. The summed E-state index contributed by atoms with van der Waals surface area (Å²) in [5.74, 6) is 0.573. The van der Waals surface area contributed by atoms with Crippen LogP contribution in [0, 0.1) is 0 Å². The lowest BCUT2D eigenvalue weighted by molar-refractivity contribution is -0.134. The molecule has 8 heteroatoms. The molecule has 1 atom stereocenters. The number of hydrogen-bond donors (Lipinski definition) is 0. The Labute approximate surface area is 203 Å². The second kappa shape index (κ2) is 9.56. The second-order valence-corrected chi connectivity index (χ2v) is 9.61. The van der Waals surface area contributed by atoms with Crippen molar-refractivity contribution in [3.63, 3.8) is 0 Å². The van der Waals surface area contributed by atoms with Gasteiger partial charge in [0.25, 0.3) is 5.91 Å². The lowest BCUT2D eigenvalue weighted by atomic mass is 9.94. The van der Waals surface area contributed by atoms with Crippen LogP contribution >= 0.6 is 11.3 Å². The first-order valence-corrected chi connectivity index (χ1v) is 12.4. The van der Waals surface area contributed by atoms with Gasteiger partial charge in [-0.05, 0) is 55.8 Å². The molecule has 2 aliphatic heterocycles. The van der Waals surface area contributed by atoms with Crippen LogP contribution in [0.25, 0.3) is 10.6 Å². The fourth-order valence-electron chi connectivity index (χ4n) is 4.63. The normalized spacial score (nSPS) is 18.5. The van der Waals surface area contributed by atoms with Crippen molar-refractivity contribution in [1.82, 2.24) is 14.8 Å². The lowest BCUT2D eigenvalue weighted by Crippen LogP contribution is -2.57. The summed E-state index contributed by atoms with van der Waals surface area (Å²) in [4.78, 5) is 37.9. The highest BCUT2D eigenvalue weighted by molar-refractivity contribution is 7.13. The van der Waals surface area contributed by atoms with E-state index < -0.39 is 6.04 Å². The molecule has 0 N–H and O–H groups in total. The van der Waals surface area contributed by atoms with E-state index in [-0.39, 0.29) is 11.8 Å². The van der Waals surface area contributed by atoms with E-state index in [1.807, 2.05) is 53.4 Å². The van der Waals surface area contributed by atoms with Crippen molar-refractivity contribution in [2.75, 3.05) is 45.2 Å². The number of aryl methyl sites for hydroxylation is 1. The van der Waals surface area contributed by atoms with E-state index in [0.717, 1.165) is 47.1 Å². The molecule has 3 heterocycles. The van der Waals surface area contributed by atoms with Gasteiger partial charge in [-0.15, -0.1) is 11.3 Å². The number of rotatable bonds is 4. The van der Waals surface area contributed by atoms with Crippen LogP contribution in [0.1, 0.15) is 22.5 Å². The molecular weight excluding hydrogens is 448 g/mol. The van der Waals surface area contributed by atoms with Crippen LogP contribution in [0.4, 0.5) is 5.69 Å². The summed E-state index contributed by atoms with van der Waals surface area (Å²) in [5.41, 5.74) is 3.19. The third kappa shape index (κ3) is 4.31. The molecule has 34 heavy (non-hydrogen) atoms. The SMILES string of the molecule is COc1ccc(-c2nc(C(=O)N3c4ccccc4CCC3C(=O)N3CCN(C)CC3)cs2)cc1. The van der Waals surface area contributed by atoms with E-state index in [1.165, 1.54) is 11.3 Å². The van der Waals surface area contributed by atoms with Gasteiger partial charge in [0, 0.05) is 42.8 Å². The first-order chi connectivity index (χ1) is 16.5. The number of hydrogen-bond acceptors (Lipinski definition) is 6. The zero-order valence-electron chi connectivity index (χ0n) is 19.4. The molecule has 1 fully saturated rings. The Hall–Kier alpha value is -3.23. The predicted octanol–water partition coefficient (Wildman–Crippen LogP) is 3.55. The van der Waals surface area contributed by atoms with Crippen LogP contribution in [0.15, 0.2) is 53.9 Å². The molecule has 7 nitrogen and oxygen atoms in total. The number of piperazine rings is 1. The number of anilines is 1.